The highest BCUT2D eigenvalue weighted by molar-refractivity contribution is 5.76. The molecule has 122 valence electrons. The number of carbonyl (C=O) groups excluding carboxylic acids is 1. The van der Waals surface area contributed by atoms with Crippen molar-refractivity contribution in [2.75, 3.05) is 26.2 Å². The van der Waals surface area contributed by atoms with Crippen molar-refractivity contribution in [1.82, 2.24) is 10.2 Å². The Morgan fingerprint density at radius 1 is 1.41 bits per heavy atom. The minimum absolute atomic E-state index is 0.268. The van der Waals surface area contributed by atoms with E-state index in [1.165, 1.54) is 0 Å². The molecular weight excluding hydrogens is 276 g/mol. The molecule has 4 heteroatoms. The van der Waals surface area contributed by atoms with Crippen LogP contribution in [0.3, 0.4) is 0 Å². The van der Waals surface area contributed by atoms with Crippen molar-refractivity contribution >= 4 is 5.91 Å². The van der Waals surface area contributed by atoms with Gasteiger partial charge in [-0.05, 0) is 44.4 Å². The van der Waals surface area contributed by atoms with Gasteiger partial charge in [-0.3, -0.25) is 4.79 Å². The largest absolute Gasteiger partial charge is 0.493 e. The topological polar surface area (TPSA) is 41.6 Å². The average molecular weight is 304 g/mol. The summed E-state index contributed by atoms with van der Waals surface area (Å²) >= 11 is 0. The molecule has 0 bridgehead atoms. The molecule has 0 aromatic heterocycles. The molecule has 1 unspecified atom stereocenters. The summed E-state index contributed by atoms with van der Waals surface area (Å²) in [5.74, 6) is 1.18. The van der Waals surface area contributed by atoms with Gasteiger partial charge in [0, 0.05) is 25.6 Å². The van der Waals surface area contributed by atoms with E-state index in [4.69, 9.17) is 4.74 Å². The molecule has 22 heavy (non-hydrogen) atoms. The van der Waals surface area contributed by atoms with Crippen molar-refractivity contribution in [2.24, 2.45) is 0 Å². The van der Waals surface area contributed by atoms with Crippen LogP contribution in [0.15, 0.2) is 24.3 Å². The maximum Gasteiger partial charge on any atom is 0.222 e. The Balaban J connectivity index is 1.74. The Kier molecular flexibility index (Phi) is 6.72. The SMILES string of the molecule is CCCN(C(=O)CCCOc1ccccc1C)C1CCNC1. The molecule has 0 radical (unpaired) electrons. The van der Waals surface area contributed by atoms with Gasteiger partial charge in [0.05, 0.1) is 6.61 Å². The fraction of sp³-hybridized carbons (Fsp3) is 0.611. The van der Waals surface area contributed by atoms with Crippen LogP contribution in [0.4, 0.5) is 0 Å². The number of nitrogens with zero attached hydrogens (tertiary/aromatic N) is 1. The summed E-state index contributed by atoms with van der Waals surface area (Å²) in [5.41, 5.74) is 1.14. The Labute approximate surface area is 133 Å². The fourth-order valence-electron chi connectivity index (χ4n) is 2.92. The zero-order valence-corrected chi connectivity index (χ0v) is 13.8. The lowest BCUT2D eigenvalue weighted by Gasteiger charge is -2.28. The number of aryl methyl sites for hydroxylation is 1. The highest BCUT2D eigenvalue weighted by Crippen LogP contribution is 2.17. The smallest absolute Gasteiger partial charge is 0.222 e. The molecule has 1 amide bonds. The van der Waals surface area contributed by atoms with Crippen LogP contribution in [0.2, 0.25) is 0 Å². The monoisotopic (exact) mass is 304 g/mol. The average Bonchev–Trinajstić information content (AvgIpc) is 3.04. The van der Waals surface area contributed by atoms with Gasteiger partial charge in [0.25, 0.3) is 0 Å². The van der Waals surface area contributed by atoms with Crippen LogP contribution < -0.4 is 10.1 Å². The normalized spacial score (nSPS) is 17.5. The minimum Gasteiger partial charge on any atom is -0.493 e. The first-order valence-corrected chi connectivity index (χ1v) is 8.41. The number of hydrogen-bond acceptors (Lipinski definition) is 3. The summed E-state index contributed by atoms with van der Waals surface area (Å²) < 4.78 is 5.77. The Bertz CT molecular complexity index is 470. The lowest BCUT2D eigenvalue weighted by Crippen LogP contribution is -2.42. The van der Waals surface area contributed by atoms with Gasteiger partial charge in [0.2, 0.25) is 5.91 Å². The van der Waals surface area contributed by atoms with Crippen molar-refractivity contribution in [3.63, 3.8) is 0 Å². The molecule has 4 nitrogen and oxygen atoms in total. The molecule has 0 aliphatic carbocycles. The zero-order chi connectivity index (χ0) is 15.8. The molecule has 1 aliphatic heterocycles. The number of hydrogen-bond donors (Lipinski definition) is 1. The second-order valence-corrected chi connectivity index (χ2v) is 5.95. The first kappa shape index (κ1) is 16.8. The van der Waals surface area contributed by atoms with Crippen molar-refractivity contribution in [3.8, 4) is 5.75 Å². The molecule has 1 fully saturated rings. The quantitative estimate of drug-likeness (QED) is 0.751. The van der Waals surface area contributed by atoms with Gasteiger partial charge in [-0.1, -0.05) is 25.1 Å². The highest BCUT2D eigenvalue weighted by Gasteiger charge is 2.25. The van der Waals surface area contributed by atoms with Gasteiger partial charge in [0.1, 0.15) is 5.75 Å². The molecule has 1 atom stereocenters. The number of amides is 1. The van der Waals surface area contributed by atoms with E-state index in [2.05, 4.69) is 17.1 Å². The Morgan fingerprint density at radius 3 is 2.91 bits per heavy atom. The Hall–Kier alpha value is -1.55. The molecular formula is C18H28N2O2. The molecule has 0 spiro atoms. The van der Waals surface area contributed by atoms with Gasteiger partial charge in [-0.25, -0.2) is 0 Å². The van der Waals surface area contributed by atoms with Crippen LogP contribution in [0.25, 0.3) is 0 Å². The second kappa shape index (κ2) is 8.79. The van der Waals surface area contributed by atoms with Gasteiger partial charge < -0.3 is 15.0 Å². The van der Waals surface area contributed by atoms with Crippen molar-refractivity contribution < 1.29 is 9.53 Å². The number of para-hydroxylation sites is 1. The van der Waals surface area contributed by atoms with Crippen LogP contribution in [0.1, 0.15) is 38.2 Å². The lowest BCUT2D eigenvalue weighted by molar-refractivity contribution is -0.133. The zero-order valence-electron chi connectivity index (χ0n) is 13.8. The van der Waals surface area contributed by atoms with Crippen molar-refractivity contribution in [3.05, 3.63) is 29.8 Å². The molecule has 1 aromatic rings. The minimum atomic E-state index is 0.268. The second-order valence-electron chi connectivity index (χ2n) is 5.95. The van der Waals surface area contributed by atoms with Gasteiger partial charge in [-0.2, -0.15) is 0 Å². The van der Waals surface area contributed by atoms with E-state index in [1.807, 2.05) is 31.2 Å². The predicted molar refractivity (Wildman–Crippen MR) is 89.2 cm³/mol. The third-order valence-corrected chi connectivity index (χ3v) is 4.15. The summed E-state index contributed by atoms with van der Waals surface area (Å²) in [6.45, 7) is 7.59. The van der Waals surface area contributed by atoms with Gasteiger partial charge in [-0.15, -0.1) is 0 Å². The highest BCUT2D eigenvalue weighted by atomic mass is 16.5. The lowest BCUT2D eigenvalue weighted by atomic mass is 10.1. The van der Waals surface area contributed by atoms with E-state index < -0.39 is 0 Å². The molecule has 1 aliphatic rings. The number of rotatable bonds is 8. The van der Waals surface area contributed by atoms with E-state index in [-0.39, 0.29) is 5.91 Å². The maximum atomic E-state index is 12.4. The Morgan fingerprint density at radius 2 is 2.23 bits per heavy atom. The van der Waals surface area contributed by atoms with Gasteiger partial charge >= 0.3 is 0 Å². The summed E-state index contributed by atoms with van der Waals surface area (Å²) in [5, 5.41) is 3.34. The van der Waals surface area contributed by atoms with E-state index in [9.17, 15) is 4.79 Å². The summed E-state index contributed by atoms with van der Waals surface area (Å²) in [7, 11) is 0. The van der Waals surface area contributed by atoms with Crippen LogP contribution in [0.5, 0.6) is 5.75 Å². The molecule has 1 N–H and O–H groups in total. The van der Waals surface area contributed by atoms with E-state index in [0.717, 1.165) is 50.2 Å². The predicted octanol–water partition coefficient (Wildman–Crippen LogP) is 2.75. The first-order chi connectivity index (χ1) is 10.7. The van der Waals surface area contributed by atoms with Crippen LogP contribution in [-0.4, -0.2) is 43.1 Å². The summed E-state index contributed by atoms with van der Waals surface area (Å²) in [4.78, 5) is 14.5. The number of carbonyl (C=O) groups is 1. The third-order valence-electron chi connectivity index (χ3n) is 4.15. The van der Waals surface area contributed by atoms with E-state index in [0.29, 0.717) is 19.1 Å². The molecule has 2 rings (SSSR count). The molecule has 0 saturated carbocycles. The number of ether oxygens (including phenoxy) is 1. The first-order valence-electron chi connectivity index (χ1n) is 8.41. The fourth-order valence-corrected chi connectivity index (χ4v) is 2.92. The third kappa shape index (κ3) is 4.73. The summed E-state index contributed by atoms with van der Waals surface area (Å²) in [6, 6.07) is 8.37. The standard InChI is InChI=1S/C18H28N2O2/c1-3-12-20(16-10-11-19-14-16)18(21)9-6-13-22-17-8-5-4-7-15(17)2/h4-5,7-8,16,19H,3,6,9-14H2,1-2H3. The summed E-state index contributed by atoms with van der Waals surface area (Å²) in [6.07, 6.45) is 3.43. The number of nitrogens with one attached hydrogen (secondary N) is 1. The van der Waals surface area contributed by atoms with Crippen LogP contribution >= 0.6 is 0 Å². The number of benzene rings is 1. The molecule has 1 heterocycles. The van der Waals surface area contributed by atoms with Crippen molar-refractivity contribution in [1.29, 1.82) is 0 Å². The van der Waals surface area contributed by atoms with E-state index in [1.54, 1.807) is 0 Å². The van der Waals surface area contributed by atoms with Gasteiger partial charge in [0.15, 0.2) is 0 Å². The molecule has 1 aromatic carbocycles. The van der Waals surface area contributed by atoms with E-state index >= 15 is 0 Å². The van der Waals surface area contributed by atoms with Crippen LogP contribution in [0, 0.1) is 6.92 Å². The molecule has 1 saturated heterocycles. The van der Waals surface area contributed by atoms with Crippen molar-refractivity contribution in [2.45, 2.75) is 45.6 Å². The van der Waals surface area contributed by atoms with Crippen LogP contribution in [-0.2, 0) is 4.79 Å². The maximum absolute atomic E-state index is 12.4.